The van der Waals surface area contributed by atoms with Crippen LogP contribution in [0.25, 0.3) is 20.8 Å². The van der Waals surface area contributed by atoms with Gasteiger partial charge in [-0.25, -0.2) is 9.88 Å². The molecule has 1 fully saturated rings. The summed E-state index contributed by atoms with van der Waals surface area (Å²) in [6.07, 6.45) is 0.426. The molecule has 10 heteroatoms. The average Bonchev–Trinajstić information content (AvgIpc) is 3.64. The van der Waals surface area contributed by atoms with Crippen LogP contribution in [0.15, 0.2) is 65.3 Å². The zero-order valence-electron chi connectivity index (χ0n) is 20.5. The van der Waals surface area contributed by atoms with Gasteiger partial charge in [0.25, 0.3) is 11.8 Å². The third kappa shape index (κ3) is 4.78. The standard InChI is InChI=1S/C27H25N3O6S/c1-16-6-11-19-22(13-16)37-25(28-19)17-7-9-18(10-8-17)30-23(31)14-20(26(30)32)29(15-24(34-2)35-3)27(33)21-5-4-12-36-21/h4-13,20,24H,14-15H2,1-3H3. The maximum absolute atomic E-state index is 13.5. The Bertz CT molecular complexity index is 1440. The minimum absolute atomic E-state index is 0.0555. The number of aryl methyl sites for hydroxylation is 1. The van der Waals surface area contributed by atoms with Crippen molar-refractivity contribution >= 4 is 45.0 Å². The van der Waals surface area contributed by atoms with Crippen molar-refractivity contribution in [2.45, 2.75) is 25.7 Å². The Hall–Kier alpha value is -3.86. The Morgan fingerprint density at radius 2 is 1.92 bits per heavy atom. The topological polar surface area (TPSA) is 102 Å². The van der Waals surface area contributed by atoms with Crippen LogP contribution in [-0.4, -0.2) is 60.7 Å². The van der Waals surface area contributed by atoms with Crippen molar-refractivity contribution in [1.82, 2.24) is 9.88 Å². The van der Waals surface area contributed by atoms with Crippen LogP contribution in [0.2, 0.25) is 0 Å². The van der Waals surface area contributed by atoms with E-state index < -0.39 is 30.1 Å². The smallest absolute Gasteiger partial charge is 0.290 e. The molecule has 1 aliphatic rings. The van der Waals surface area contributed by atoms with Crippen molar-refractivity contribution in [3.63, 3.8) is 0 Å². The van der Waals surface area contributed by atoms with Gasteiger partial charge in [0.2, 0.25) is 5.91 Å². The van der Waals surface area contributed by atoms with Gasteiger partial charge in [-0.1, -0.05) is 6.07 Å². The fourth-order valence-electron chi connectivity index (χ4n) is 4.34. The normalized spacial score (nSPS) is 15.8. The average molecular weight is 520 g/mol. The van der Waals surface area contributed by atoms with Crippen LogP contribution in [0.4, 0.5) is 5.69 Å². The van der Waals surface area contributed by atoms with Crippen molar-refractivity contribution in [2.24, 2.45) is 0 Å². The van der Waals surface area contributed by atoms with Gasteiger partial charge in [0.05, 0.1) is 35.1 Å². The van der Waals surface area contributed by atoms with Crippen LogP contribution < -0.4 is 4.90 Å². The van der Waals surface area contributed by atoms with Gasteiger partial charge in [-0.05, 0) is 61.0 Å². The number of imide groups is 1. The number of aromatic nitrogens is 1. The van der Waals surface area contributed by atoms with E-state index in [1.807, 2.05) is 31.2 Å². The molecule has 3 heterocycles. The first-order chi connectivity index (χ1) is 17.9. The van der Waals surface area contributed by atoms with E-state index in [1.54, 1.807) is 29.5 Å². The van der Waals surface area contributed by atoms with Crippen LogP contribution in [0.1, 0.15) is 22.5 Å². The predicted molar refractivity (Wildman–Crippen MR) is 138 cm³/mol. The highest BCUT2D eigenvalue weighted by molar-refractivity contribution is 7.21. The number of anilines is 1. The molecule has 1 saturated heterocycles. The predicted octanol–water partition coefficient (Wildman–Crippen LogP) is 4.26. The summed E-state index contributed by atoms with van der Waals surface area (Å²) in [7, 11) is 2.87. The lowest BCUT2D eigenvalue weighted by molar-refractivity contribution is -0.128. The number of hydrogen-bond acceptors (Lipinski definition) is 8. The second kappa shape index (κ2) is 10.3. The molecule has 5 rings (SSSR count). The van der Waals surface area contributed by atoms with Gasteiger partial charge in [0, 0.05) is 19.8 Å². The summed E-state index contributed by atoms with van der Waals surface area (Å²) in [6, 6.07) is 15.3. The van der Waals surface area contributed by atoms with Crippen molar-refractivity contribution in [3.8, 4) is 10.6 Å². The summed E-state index contributed by atoms with van der Waals surface area (Å²) in [5, 5.41) is 0.851. The second-order valence-electron chi connectivity index (χ2n) is 8.66. The number of carbonyl (C=O) groups is 3. The number of carbonyl (C=O) groups excluding carboxylic acids is 3. The van der Waals surface area contributed by atoms with Crippen LogP contribution in [0, 0.1) is 6.92 Å². The second-order valence-corrected chi connectivity index (χ2v) is 9.69. The summed E-state index contributed by atoms with van der Waals surface area (Å²) in [5.41, 5.74) is 3.41. The largest absolute Gasteiger partial charge is 0.459 e. The highest BCUT2D eigenvalue weighted by atomic mass is 32.1. The molecule has 0 saturated carbocycles. The molecule has 0 radical (unpaired) electrons. The van der Waals surface area contributed by atoms with Gasteiger partial charge in [0.15, 0.2) is 12.1 Å². The van der Waals surface area contributed by atoms with Gasteiger partial charge >= 0.3 is 0 Å². The molecule has 3 amide bonds. The van der Waals surface area contributed by atoms with Crippen LogP contribution in [0.5, 0.6) is 0 Å². The maximum atomic E-state index is 13.5. The third-order valence-corrected chi connectivity index (χ3v) is 7.35. The van der Waals surface area contributed by atoms with Gasteiger partial charge in [-0.3, -0.25) is 14.4 Å². The first-order valence-electron chi connectivity index (χ1n) is 11.6. The van der Waals surface area contributed by atoms with E-state index in [0.717, 1.165) is 25.7 Å². The highest BCUT2D eigenvalue weighted by Gasteiger charge is 2.45. The maximum Gasteiger partial charge on any atom is 0.290 e. The third-order valence-electron chi connectivity index (χ3n) is 6.28. The Morgan fingerprint density at radius 3 is 2.59 bits per heavy atom. The van der Waals surface area contributed by atoms with Crippen LogP contribution in [-0.2, 0) is 19.1 Å². The lowest BCUT2D eigenvalue weighted by atomic mass is 10.2. The van der Waals surface area contributed by atoms with E-state index >= 15 is 0 Å². The SMILES string of the molecule is COC(CN(C(=O)c1ccco1)C1CC(=O)N(c2ccc(-c3nc4ccc(C)cc4s3)cc2)C1=O)OC. The summed E-state index contributed by atoms with van der Waals surface area (Å²) < 4.78 is 16.9. The van der Waals surface area contributed by atoms with E-state index in [0.29, 0.717) is 5.69 Å². The molecule has 37 heavy (non-hydrogen) atoms. The summed E-state index contributed by atoms with van der Waals surface area (Å²) in [4.78, 5) is 46.8. The lowest BCUT2D eigenvalue weighted by Gasteiger charge is -2.29. The number of benzene rings is 2. The monoisotopic (exact) mass is 519 g/mol. The zero-order chi connectivity index (χ0) is 26.1. The molecule has 9 nitrogen and oxygen atoms in total. The number of ether oxygens (including phenoxy) is 2. The fourth-order valence-corrected chi connectivity index (χ4v) is 5.41. The molecule has 1 unspecified atom stereocenters. The molecule has 190 valence electrons. The molecule has 1 aliphatic heterocycles. The minimum atomic E-state index is -1.02. The first kappa shape index (κ1) is 24.8. The van der Waals surface area contributed by atoms with Crippen molar-refractivity contribution < 1.29 is 28.3 Å². The first-order valence-corrected chi connectivity index (χ1v) is 12.5. The Balaban J connectivity index is 1.40. The molecule has 2 aromatic heterocycles. The Kier molecular flexibility index (Phi) is 6.88. The Morgan fingerprint density at radius 1 is 1.16 bits per heavy atom. The number of nitrogens with zero attached hydrogens (tertiary/aromatic N) is 3. The van der Waals surface area contributed by atoms with Gasteiger partial charge in [-0.2, -0.15) is 0 Å². The molecule has 0 aliphatic carbocycles. The van der Waals surface area contributed by atoms with E-state index in [9.17, 15) is 14.4 Å². The molecule has 0 bridgehead atoms. The van der Waals surface area contributed by atoms with E-state index in [2.05, 4.69) is 6.07 Å². The summed E-state index contributed by atoms with van der Waals surface area (Å²) >= 11 is 1.58. The Labute approximate surface area is 217 Å². The fraction of sp³-hybridized carbons (Fsp3) is 0.259. The molecule has 2 aromatic carbocycles. The van der Waals surface area contributed by atoms with Crippen molar-refractivity contribution in [1.29, 1.82) is 0 Å². The van der Waals surface area contributed by atoms with E-state index in [1.165, 1.54) is 37.0 Å². The van der Waals surface area contributed by atoms with Crippen LogP contribution >= 0.6 is 11.3 Å². The van der Waals surface area contributed by atoms with Crippen molar-refractivity contribution in [2.75, 3.05) is 25.7 Å². The number of thiazole rings is 1. The number of rotatable bonds is 8. The number of methoxy groups -OCH3 is 2. The van der Waals surface area contributed by atoms with Gasteiger partial charge in [0.1, 0.15) is 11.0 Å². The zero-order valence-corrected chi connectivity index (χ0v) is 21.4. The van der Waals surface area contributed by atoms with Crippen LogP contribution in [0.3, 0.4) is 0 Å². The number of furan rings is 1. The summed E-state index contributed by atoms with van der Waals surface area (Å²) in [5.74, 6) is -1.38. The summed E-state index contributed by atoms with van der Waals surface area (Å²) in [6.45, 7) is 1.99. The highest BCUT2D eigenvalue weighted by Crippen LogP contribution is 2.33. The number of fused-ring (bicyclic) bond motifs is 1. The molecule has 0 N–H and O–H groups in total. The van der Waals surface area contributed by atoms with Gasteiger partial charge < -0.3 is 18.8 Å². The minimum Gasteiger partial charge on any atom is -0.459 e. The van der Waals surface area contributed by atoms with E-state index in [4.69, 9.17) is 18.9 Å². The quantitative estimate of drug-likeness (QED) is 0.253. The molecule has 1 atom stereocenters. The number of amides is 3. The lowest BCUT2D eigenvalue weighted by Crippen LogP contribution is -2.49. The van der Waals surface area contributed by atoms with E-state index in [-0.39, 0.29) is 18.7 Å². The molecule has 4 aromatic rings. The molecular formula is C27H25N3O6S. The van der Waals surface area contributed by atoms with Gasteiger partial charge in [-0.15, -0.1) is 11.3 Å². The number of hydrogen-bond donors (Lipinski definition) is 0. The molecule has 0 spiro atoms. The molecular weight excluding hydrogens is 494 g/mol. The van der Waals surface area contributed by atoms with Crippen molar-refractivity contribution in [3.05, 3.63) is 72.2 Å².